The number of Topliss-reactive ketones (excluding diaryl/α,β-unsaturated/α-hetero) is 1. The Hall–Kier alpha value is -5.72. The molecule has 3 aliphatic heterocycles. The van der Waals surface area contributed by atoms with Crippen molar-refractivity contribution in [3.8, 4) is 23.1 Å². The van der Waals surface area contributed by atoms with E-state index in [-0.39, 0.29) is 89.6 Å². The van der Waals surface area contributed by atoms with E-state index in [0.29, 0.717) is 37.2 Å². The van der Waals surface area contributed by atoms with Crippen LogP contribution in [-0.2, 0) is 28.5 Å². The second kappa shape index (κ2) is 20.5. The van der Waals surface area contributed by atoms with Gasteiger partial charge >= 0.3 is 12.2 Å². The monoisotopic (exact) mass is 932 g/mol. The number of rotatable bonds is 10. The fourth-order valence-electron chi connectivity index (χ4n) is 11.9. The molecule has 15 nitrogen and oxygen atoms in total. The van der Waals surface area contributed by atoms with Gasteiger partial charge in [-0.15, -0.1) is 0 Å². The van der Waals surface area contributed by atoms with E-state index < -0.39 is 24.3 Å². The van der Waals surface area contributed by atoms with Crippen molar-refractivity contribution in [2.45, 2.75) is 148 Å². The maximum Gasteiger partial charge on any atom is 0.407 e. The van der Waals surface area contributed by atoms with Crippen LogP contribution in [0.2, 0.25) is 0 Å². The first-order chi connectivity index (χ1) is 32.5. The standard InChI is InChI=1S/C53H69N7O8/c1-27-17-42(45(33(27)7)48(61)46(58-52(63)65-9)39-19-29(3)67-30(4)20-39)49-55-26-43(57-49)38-15-14-36-23-35(11-13-37(36)24-38)12-16-41-25-54-50(56-41)44-18-28(2)34(8)60(44)51(62)47(59-53(64)66-10)40-21-31(5)68-32(6)22-40/h11,13-15,23-34,39-40,42,44-47H,17-22H2,1-10H3,(H,54,56)(H,55,57)(H,58,63)(H,59,64)/t27-,28-,29-,30+,31-,32+,33-,34-,39?,40?,42-,44+,45?,46?,47?/m1/s1. The Labute approximate surface area is 400 Å². The lowest BCUT2D eigenvalue weighted by Crippen LogP contribution is -2.55. The molecule has 15 atom stereocenters. The normalized spacial score (nSPS) is 31.3. The first-order valence-corrected chi connectivity index (χ1v) is 24.5. The summed E-state index contributed by atoms with van der Waals surface area (Å²) in [6, 6.07) is 10.6. The number of benzene rings is 2. The number of carbonyl (C=O) groups excluding carboxylic acids is 4. The second-order valence-corrected chi connectivity index (χ2v) is 20.4. The lowest BCUT2D eigenvalue weighted by atomic mass is 9.76. The molecule has 8 rings (SSSR count). The Kier molecular flexibility index (Phi) is 14.7. The zero-order chi connectivity index (χ0) is 48.6. The number of fused-ring (bicyclic) bond motifs is 1. The average molecular weight is 932 g/mol. The van der Waals surface area contributed by atoms with Gasteiger partial charge < -0.3 is 44.4 Å². The number of nitrogens with zero attached hydrogens (tertiary/aromatic N) is 3. The van der Waals surface area contributed by atoms with Crippen LogP contribution in [0.5, 0.6) is 0 Å². The molecule has 5 unspecified atom stereocenters. The third kappa shape index (κ3) is 10.3. The van der Waals surface area contributed by atoms with Crippen LogP contribution in [0.25, 0.3) is 22.0 Å². The maximum absolute atomic E-state index is 14.7. The highest BCUT2D eigenvalue weighted by Crippen LogP contribution is 2.48. The molecule has 2 aromatic heterocycles. The molecule has 4 aliphatic rings. The molecule has 1 aliphatic carbocycles. The van der Waals surface area contributed by atoms with Crippen molar-refractivity contribution in [3.63, 3.8) is 0 Å². The van der Waals surface area contributed by atoms with Gasteiger partial charge in [-0.2, -0.15) is 0 Å². The molecule has 4 N–H and O–H groups in total. The summed E-state index contributed by atoms with van der Waals surface area (Å²) in [6.45, 7) is 16.6. The van der Waals surface area contributed by atoms with Crippen LogP contribution in [0.4, 0.5) is 9.59 Å². The Morgan fingerprint density at radius 3 is 1.93 bits per heavy atom. The van der Waals surface area contributed by atoms with Crippen molar-refractivity contribution in [3.05, 3.63) is 71.7 Å². The Morgan fingerprint density at radius 1 is 0.691 bits per heavy atom. The highest BCUT2D eigenvalue weighted by molar-refractivity contribution is 5.91. The van der Waals surface area contributed by atoms with Crippen LogP contribution in [0.15, 0.2) is 48.8 Å². The van der Waals surface area contributed by atoms with Crippen molar-refractivity contribution in [2.24, 2.45) is 35.5 Å². The number of imidazole rings is 2. The number of methoxy groups -OCH3 is 2. The van der Waals surface area contributed by atoms with Crippen LogP contribution in [0.1, 0.15) is 129 Å². The zero-order valence-electron chi connectivity index (χ0n) is 41.1. The van der Waals surface area contributed by atoms with Gasteiger partial charge in [-0.3, -0.25) is 9.59 Å². The van der Waals surface area contributed by atoms with Gasteiger partial charge in [-0.05, 0) is 138 Å². The predicted molar refractivity (Wildman–Crippen MR) is 257 cm³/mol. The van der Waals surface area contributed by atoms with Crippen LogP contribution in [0, 0.1) is 47.3 Å². The number of H-pyrrole nitrogens is 2. The quantitative estimate of drug-likeness (QED) is 0.112. The Morgan fingerprint density at radius 2 is 1.28 bits per heavy atom. The molecule has 3 amide bonds. The van der Waals surface area contributed by atoms with Crippen molar-refractivity contribution >= 4 is 34.6 Å². The molecular weight excluding hydrogens is 863 g/mol. The largest absolute Gasteiger partial charge is 0.453 e. The first kappa shape index (κ1) is 48.7. The molecular formula is C53H69N7O8. The van der Waals surface area contributed by atoms with E-state index >= 15 is 0 Å². The van der Waals surface area contributed by atoms with Gasteiger partial charge in [-0.25, -0.2) is 19.6 Å². The number of alkyl carbamates (subject to hydrolysis) is 2. The number of likely N-dealkylation sites (tertiary alicyclic amines) is 1. The molecule has 3 saturated heterocycles. The molecule has 68 heavy (non-hydrogen) atoms. The van der Waals surface area contributed by atoms with E-state index in [4.69, 9.17) is 28.9 Å². The molecule has 0 bridgehead atoms. The van der Waals surface area contributed by atoms with E-state index in [0.717, 1.165) is 46.3 Å². The number of aromatic nitrogens is 4. The van der Waals surface area contributed by atoms with E-state index in [1.165, 1.54) is 14.2 Å². The lowest BCUT2D eigenvalue weighted by Gasteiger charge is -2.39. The fraction of sp³-hybridized carbons (Fsp3) is 0.585. The number of amides is 3. The third-order valence-corrected chi connectivity index (χ3v) is 15.6. The van der Waals surface area contributed by atoms with E-state index in [1.807, 2.05) is 44.9 Å². The smallest absolute Gasteiger partial charge is 0.407 e. The molecule has 2 aromatic carbocycles. The van der Waals surface area contributed by atoms with Gasteiger partial charge in [0.05, 0.1) is 68.8 Å². The minimum absolute atomic E-state index is 0.0160. The number of nitrogens with one attached hydrogen (secondary N) is 4. The number of hydrogen-bond donors (Lipinski definition) is 4. The van der Waals surface area contributed by atoms with Crippen LogP contribution in [-0.4, -0.2) is 105 Å². The Balaban J connectivity index is 0.972. The summed E-state index contributed by atoms with van der Waals surface area (Å²) in [5.41, 5.74) is 3.32. The van der Waals surface area contributed by atoms with Crippen LogP contribution in [0.3, 0.4) is 0 Å². The molecule has 0 radical (unpaired) electrons. The number of ether oxygens (including phenoxy) is 4. The molecule has 0 spiro atoms. The summed E-state index contributed by atoms with van der Waals surface area (Å²) in [5.74, 6) is 7.84. The SMILES string of the molecule is COC(=O)NC(C(=O)C1[C@H](c2ncc(-c3ccc4cc(C#Cc5cnc([C@@H]6C[C@@H](C)[C@@H](C)N6C(=O)C(NC(=O)OC)C6C[C@@H](C)O[C@@H](C)C6)[nH]5)ccc4c3)[nH]2)C[C@@H](C)[C@H]1C)C1C[C@@H](C)O[C@@H](C)C1. The second-order valence-electron chi connectivity index (χ2n) is 20.4. The highest BCUT2D eigenvalue weighted by Gasteiger charge is 2.50. The summed E-state index contributed by atoms with van der Waals surface area (Å²) in [6.07, 6.45) is 6.41. The third-order valence-electron chi connectivity index (χ3n) is 15.6. The van der Waals surface area contributed by atoms with Crippen molar-refractivity contribution < 1.29 is 38.1 Å². The number of aromatic amines is 2. The van der Waals surface area contributed by atoms with E-state index in [2.05, 4.69) is 90.5 Å². The number of ketones is 1. The zero-order valence-corrected chi connectivity index (χ0v) is 41.1. The predicted octanol–water partition coefficient (Wildman–Crippen LogP) is 8.45. The first-order valence-electron chi connectivity index (χ1n) is 24.5. The molecule has 364 valence electrons. The molecule has 1 saturated carbocycles. The van der Waals surface area contributed by atoms with Crippen LogP contribution >= 0.6 is 0 Å². The van der Waals surface area contributed by atoms with Gasteiger partial charge in [0.1, 0.15) is 23.4 Å². The minimum Gasteiger partial charge on any atom is -0.453 e. The summed E-state index contributed by atoms with van der Waals surface area (Å²) in [4.78, 5) is 72.8. The van der Waals surface area contributed by atoms with Crippen LogP contribution < -0.4 is 10.6 Å². The number of hydrogen-bond acceptors (Lipinski definition) is 10. The van der Waals surface area contributed by atoms with Gasteiger partial charge in [0.2, 0.25) is 5.91 Å². The maximum atomic E-state index is 14.7. The minimum atomic E-state index is -0.760. The Bertz CT molecular complexity index is 2520. The van der Waals surface area contributed by atoms with E-state index in [9.17, 15) is 19.2 Å². The molecule has 4 aromatic rings. The average Bonchev–Trinajstić information content (AvgIpc) is 4.11. The van der Waals surface area contributed by atoms with Gasteiger partial charge in [0, 0.05) is 29.0 Å². The van der Waals surface area contributed by atoms with E-state index in [1.54, 1.807) is 6.20 Å². The van der Waals surface area contributed by atoms with Gasteiger partial charge in [0.15, 0.2) is 5.78 Å². The van der Waals surface area contributed by atoms with Gasteiger partial charge in [0.25, 0.3) is 0 Å². The highest BCUT2D eigenvalue weighted by atomic mass is 16.5. The fourth-order valence-corrected chi connectivity index (χ4v) is 11.9. The summed E-state index contributed by atoms with van der Waals surface area (Å²) < 4.78 is 21.9. The van der Waals surface area contributed by atoms with Gasteiger partial charge in [-0.1, -0.05) is 44.9 Å². The van der Waals surface area contributed by atoms with Crippen molar-refractivity contribution in [2.75, 3.05) is 14.2 Å². The molecule has 4 fully saturated rings. The van der Waals surface area contributed by atoms with Crippen molar-refractivity contribution in [1.82, 2.24) is 35.5 Å². The lowest BCUT2D eigenvalue weighted by molar-refractivity contribution is -0.140. The number of carbonyl (C=O) groups is 4. The topological polar surface area (TPSA) is 190 Å². The molecule has 5 heterocycles. The van der Waals surface area contributed by atoms with Crippen molar-refractivity contribution in [1.29, 1.82) is 0 Å². The summed E-state index contributed by atoms with van der Waals surface area (Å²) in [7, 11) is 2.64. The summed E-state index contributed by atoms with van der Waals surface area (Å²) in [5, 5.41) is 7.88. The molecule has 15 heteroatoms. The summed E-state index contributed by atoms with van der Waals surface area (Å²) >= 11 is 0.